The monoisotopic (exact) mass is 271 g/mol. The molecule has 1 heterocycles. The highest BCUT2D eigenvalue weighted by Gasteiger charge is 2.10. The second-order valence-corrected chi connectivity index (χ2v) is 4.44. The van der Waals surface area contributed by atoms with E-state index in [0.29, 0.717) is 6.54 Å². The van der Waals surface area contributed by atoms with Crippen molar-refractivity contribution in [2.75, 3.05) is 6.54 Å². The van der Waals surface area contributed by atoms with Gasteiger partial charge in [-0.1, -0.05) is 23.4 Å². The van der Waals surface area contributed by atoms with E-state index in [-0.39, 0.29) is 10.9 Å². The lowest BCUT2D eigenvalue weighted by molar-refractivity contribution is 0.431. The highest BCUT2D eigenvalue weighted by atomic mass is 32.1. The van der Waals surface area contributed by atoms with Crippen LogP contribution >= 0.6 is 11.3 Å². The van der Waals surface area contributed by atoms with Gasteiger partial charge in [0.1, 0.15) is 10.8 Å². The molecule has 96 valence electrons. The van der Waals surface area contributed by atoms with Gasteiger partial charge in [0.2, 0.25) is 0 Å². The molecule has 7 heteroatoms. The summed E-state index contributed by atoms with van der Waals surface area (Å²) in [6, 6.07) is 3.10. The lowest BCUT2D eigenvalue weighted by Crippen LogP contribution is -2.11. The molecule has 2 rings (SSSR count). The first kappa shape index (κ1) is 12.8. The Morgan fingerprint density at radius 2 is 2.17 bits per heavy atom. The van der Waals surface area contributed by atoms with E-state index in [9.17, 15) is 8.78 Å². The Balaban J connectivity index is 2.06. The van der Waals surface area contributed by atoms with Crippen LogP contribution < -0.4 is 10.1 Å². The molecule has 0 aliphatic heterocycles. The molecule has 0 aliphatic carbocycles. The van der Waals surface area contributed by atoms with Crippen LogP contribution in [0.3, 0.4) is 0 Å². The summed E-state index contributed by atoms with van der Waals surface area (Å²) in [7, 11) is 0. The molecule has 0 saturated heterocycles. The van der Waals surface area contributed by atoms with Crippen molar-refractivity contribution in [3.8, 4) is 10.9 Å². The fraction of sp³-hybridized carbons (Fsp3) is 0.273. The second-order valence-electron chi connectivity index (χ2n) is 3.42. The largest absolute Gasteiger partial charge is 0.427 e. The third kappa shape index (κ3) is 3.21. The third-order valence-electron chi connectivity index (χ3n) is 2.07. The van der Waals surface area contributed by atoms with E-state index in [4.69, 9.17) is 4.74 Å². The third-order valence-corrected chi connectivity index (χ3v) is 2.87. The molecular weight excluding hydrogens is 260 g/mol. The number of aromatic nitrogens is 2. The van der Waals surface area contributed by atoms with Crippen LogP contribution in [0.25, 0.3) is 0 Å². The van der Waals surface area contributed by atoms with E-state index in [0.717, 1.165) is 23.7 Å². The van der Waals surface area contributed by atoms with Crippen molar-refractivity contribution in [3.63, 3.8) is 0 Å². The molecule has 2 aromatic rings. The number of nitrogens with zero attached hydrogens (tertiary/aromatic N) is 2. The number of hydrogen-bond acceptors (Lipinski definition) is 5. The van der Waals surface area contributed by atoms with Gasteiger partial charge in [0.05, 0.1) is 0 Å². The van der Waals surface area contributed by atoms with Crippen molar-refractivity contribution in [1.82, 2.24) is 15.5 Å². The zero-order chi connectivity index (χ0) is 13.0. The Hall–Kier alpha value is -1.60. The van der Waals surface area contributed by atoms with Gasteiger partial charge in [-0.15, -0.1) is 5.10 Å². The minimum atomic E-state index is -0.765. The van der Waals surface area contributed by atoms with Gasteiger partial charge in [0.25, 0.3) is 5.19 Å². The molecule has 0 aliphatic rings. The fourth-order valence-corrected chi connectivity index (χ4v) is 1.91. The van der Waals surface area contributed by atoms with E-state index in [1.54, 1.807) is 0 Å². The summed E-state index contributed by atoms with van der Waals surface area (Å²) in [4.78, 5) is 0. The van der Waals surface area contributed by atoms with Gasteiger partial charge in [-0.25, -0.2) is 8.78 Å². The lowest BCUT2D eigenvalue weighted by atomic mass is 10.3. The van der Waals surface area contributed by atoms with Crippen LogP contribution in [-0.2, 0) is 6.54 Å². The highest BCUT2D eigenvalue weighted by Crippen LogP contribution is 2.27. The predicted molar refractivity (Wildman–Crippen MR) is 63.7 cm³/mol. The number of rotatable bonds is 5. The SMILES string of the molecule is CCNCc1nnc(Oc2ccc(F)cc2F)s1. The minimum Gasteiger partial charge on any atom is -0.427 e. The summed E-state index contributed by atoms with van der Waals surface area (Å²) in [5, 5.41) is 11.7. The average Bonchev–Trinajstić information content (AvgIpc) is 2.78. The molecule has 0 bridgehead atoms. The van der Waals surface area contributed by atoms with Crippen molar-refractivity contribution < 1.29 is 13.5 Å². The van der Waals surface area contributed by atoms with Gasteiger partial charge in [0.15, 0.2) is 11.6 Å². The number of halogens is 2. The van der Waals surface area contributed by atoms with Crippen LogP contribution in [-0.4, -0.2) is 16.7 Å². The quantitative estimate of drug-likeness (QED) is 0.908. The molecule has 0 spiro atoms. The average molecular weight is 271 g/mol. The Kier molecular flexibility index (Phi) is 4.16. The van der Waals surface area contributed by atoms with Crippen LogP contribution in [0, 0.1) is 11.6 Å². The smallest absolute Gasteiger partial charge is 0.299 e. The zero-order valence-electron chi connectivity index (χ0n) is 9.61. The first-order valence-electron chi connectivity index (χ1n) is 5.35. The summed E-state index contributed by atoms with van der Waals surface area (Å²) in [5.74, 6) is -1.48. The van der Waals surface area contributed by atoms with Gasteiger partial charge in [-0.2, -0.15) is 0 Å². The zero-order valence-corrected chi connectivity index (χ0v) is 10.4. The van der Waals surface area contributed by atoms with E-state index < -0.39 is 11.6 Å². The van der Waals surface area contributed by atoms with Crippen molar-refractivity contribution in [3.05, 3.63) is 34.8 Å². The maximum absolute atomic E-state index is 13.3. The molecule has 0 saturated carbocycles. The van der Waals surface area contributed by atoms with Crippen molar-refractivity contribution >= 4 is 11.3 Å². The summed E-state index contributed by atoms with van der Waals surface area (Å²) >= 11 is 1.21. The molecule has 1 aromatic carbocycles. The maximum atomic E-state index is 13.3. The van der Waals surface area contributed by atoms with E-state index in [1.165, 1.54) is 17.4 Å². The Morgan fingerprint density at radius 3 is 2.89 bits per heavy atom. The van der Waals surface area contributed by atoms with Crippen molar-refractivity contribution in [2.24, 2.45) is 0 Å². The Morgan fingerprint density at radius 1 is 1.33 bits per heavy atom. The first-order chi connectivity index (χ1) is 8.69. The first-order valence-corrected chi connectivity index (χ1v) is 6.16. The summed E-state index contributed by atoms with van der Waals surface area (Å²) in [6.45, 7) is 3.39. The van der Waals surface area contributed by atoms with Gasteiger partial charge >= 0.3 is 0 Å². The molecule has 1 N–H and O–H groups in total. The molecule has 0 radical (unpaired) electrons. The molecule has 0 amide bonds. The van der Waals surface area contributed by atoms with E-state index in [1.807, 2.05) is 6.92 Å². The summed E-state index contributed by atoms with van der Waals surface area (Å²) < 4.78 is 31.2. The van der Waals surface area contributed by atoms with Gasteiger partial charge in [-0.3, -0.25) is 0 Å². The number of benzene rings is 1. The maximum Gasteiger partial charge on any atom is 0.299 e. The molecular formula is C11H11F2N3OS. The Bertz CT molecular complexity index is 533. The predicted octanol–water partition coefficient (Wildman–Crippen LogP) is 2.72. The summed E-state index contributed by atoms with van der Waals surface area (Å²) in [6.07, 6.45) is 0. The standard InChI is InChI=1S/C11H11F2N3OS/c1-2-14-6-10-15-16-11(18-10)17-9-4-3-7(12)5-8(9)13/h3-5,14H,2,6H2,1H3. The van der Waals surface area contributed by atoms with Crippen LogP contribution in [0.2, 0.25) is 0 Å². The highest BCUT2D eigenvalue weighted by molar-refractivity contribution is 7.13. The van der Waals surface area contributed by atoms with Crippen molar-refractivity contribution in [1.29, 1.82) is 0 Å². The van der Waals surface area contributed by atoms with Crippen LogP contribution in [0.1, 0.15) is 11.9 Å². The fourth-order valence-electron chi connectivity index (χ4n) is 1.23. The second kappa shape index (κ2) is 5.83. The van der Waals surface area contributed by atoms with E-state index in [2.05, 4.69) is 15.5 Å². The van der Waals surface area contributed by atoms with Crippen molar-refractivity contribution in [2.45, 2.75) is 13.5 Å². The number of hydrogen-bond donors (Lipinski definition) is 1. The van der Waals surface area contributed by atoms with Crippen LogP contribution in [0.4, 0.5) is 8.78 Å². The normalized spacial score (nSPS) is 10.6. The van der Waals surface area contributed by atoms with Crippen LogP contribution in [0.5, 0.6) is 10.9 Å². The molecule has 0 fully saturated rings. The minimum absolute atomic E-state index is 0.0671. The van der Waals surface area contributed by atoms with Gasteiger partial charge in [-0.05, 0) is 18.7 Å². The van der Waals surface area contributed by atoms with Gasteiger partial charge < -0.3 is 10.1 Å². The Labute approximate surface area is 107 Å². The molecule has 0 atom stereocenters. The molecule has 1 aromatic heterocycles. The van der Waals surface area contributed by atoms with Crippen LogP contribution in [0.15, 0.2) is 18.2 Å². The molecule has 18 heavy (non-hydrogen) atoms. The van der Waals surface area contributed by atoms with Gasteiger partial charge in [0, 0.05) is 12.6 Å². The number of nitrogens with one attached hydrogen (secondary N) is 1. The molecule has 0 unspecified atom stereocenters. The van der Waals surface area contributed by atoms with E-state index >= 15 is 0 Å². The lowest BCUT2D eigenvalue weighted by Gasteiger charge is -2.01. The summed E-state index contributed by atoms with van der Waals surface area (Å²) in [5.41, 5.74) is 0. The number of ether oxygens (including phenoxy) is 1. The topological polar surface area (TPSA) is 47.0 Å². The molecule has 4 nitrogen and oxygen atoms in total.